The molecule has 2 rings (SSSR count). The van der Waals surface area contributed by atoms with E-state index in [9.17, 15) is 4.79 Å². The summed E-state index contributed by atoms with van der Waals surface area (Å²) in [6.45, 7) is 6.76. The van der Waals surface area contributed by atoms with Crippen molar-refractivity contribution in [2.75, 3.05) is 19.6 Å². The third kappa shape index (κ3) is 4.71. The Morgan fingerprint density at radius 1 is 1.43 bits per heavy atom. The number of hydrogen-bond acceptors (Lipinski definition) is 3. The first kappa shape index (κ1) is 16.3. The Kier molecular flexibility index (Phi) is 5.65. The van der Waals surface area contributed by atoms with Crippen LogP contribution in [0.1, 0.15) is 26.7 Å². The molecule has 1 unspecified atom stereocenters. The van der Waals surface area contributed by atoms with Crippen LogP contribution in [0.4, 0.5) is 0 Å². The lowest BCUT2D eigenvalue weighted by molar-refractivity contribution is -0.127. The maximum atomic E-state index is 12.2. The zero-order valence-corrected chi connectivity index (χ0v) is 14.2. The molecule has 1 aliphatic rings. The SMILES string of the molecule is CC(Oc1ccccc1Br)C(=O)NCC1(C)CCNCC1. The third-order valence-corrected chi connectivity index (χ3v) is 4.66. The van der Waals surface area contributed by atoms with Crippen LogP contribution in [0.15, 0.2) is 28.7 Å². The van der Waals surface area contributed by atoms with Crippen molar-refractivity contribution in [3.8, 4) is 5.75 Å². The quantitative estimate of drug-likeness (QED) is 0.854. The zero-order valence-electron chi connectivity index (χ0n) is 12.6. The average Bonchev–Trinajstić information content (AvgIpc) is 2.48. The van der Waals surface area contributed by atoms with E-state index in [-0.39, 0.29) is 11.3 Å². The van der Waals surface area contributed by atoms with E-state index in [1.807, 2.05) is 24.3 Å². The van der Waals surface area contributed by atoms with Crippen molar-refractivity contribution >= 4 is 21.8 Å². The molecule has 0 radical (unpaired) electrons. The van der Waals surface area contributed by atoms with Crippen molar-refractivity contribution in [1.29, 1.82) is 0 Å². The number of rotatable bonds is 5. The van der Waals surface area contributed by atoms with Gasteiger partial charge in [0.15, 0.2) is 6.10 Å². The van der Waals surface area contributed by atoms with Gasteiger partial charge in [-0.3, -0.25) is 4.79 Å². The number of piperidine rings is 1. The van der Waals surface area contributed by atoms with Gasteiger partial charge in [0, 0.05) is 6.54 Å². The summed E-state index contributed by atoms with van der Waals surface area (Å²) in [6, 6.07) is 7.55. The molecule has 1 atom stereocenters. The Morgan fingerprint density at radius 2 is 2.10 bits per heavy atom. The van der Waals surface area contributed by atoms with E-state index in [1.54, 1.807) is 6.92 Å². The van der Waals surface area contributed by atoms with E-state index in [1.165, 1.54) is 0 Å². The summed E-state index contributed by atoms with van der Waals surface area (Å²) < 4.78 is 6.56. The highest BCUT2D eigenvalue weighted by molar-refractivity contribution is 9.10. The molecule has 1 aliphatic heterocycles. The molecular formula is C16H23BrN2O2. The van der Waals surface area contributed by atoms with Crippen LogP contribution in [0.25, 0.3) is 0 Å². The zero-order chi connectivity index (χ0) is 15.3. The van der Waals surface area contributed by atoms with Crippen LogP contribution in [0, 0.1) is 5.41 Å². The highest BCUT2D eigenvalue weighted by Gasteiger charge is 2.28. The van der Waals surface area contributed by atoms with Gasteiger partial charge in [-0.15, -0.1) is 0 Å². The molecule has 0 saturated carbocycles. The molecule has 116 valence electrons. The van der Waals surface area contributed by atoms with Crippen molar-refractivity contribution in [3.63, 3.8) is 0 Å². The average molecular weight is 355 g/mol. The van der Waals surface area contributed by atoms with Crippen molar-refractivity contribution in [1.82, 2.24) is 10.6 Å². The number of amides is 1. The molecule has 0 aromatic heterocycles. The van der Waals surface area contributed by atoms with Crippen LogP contribution < -0.4 is 15.4 Å². The van der Waals surface area contributed by atoms with Gasteiger partial charge in [0.05, 0.1) is 4.47 Å². The molecule has 1 fully saturated rings. The lowest BCUT2D eigenvalue weighted by Crippen LogP contribution is -2.45. The standard InChI is InChI=1S/C16H23BrN2O2/c1-12(21-14-6-4-3-5-13(14)17)15(20)19-11-16(2)7-9-18-10-8-16/h3-6,12,18H,7-11H2,1-2H3,(H,19,20). The number of carbonyl (C=O) groups is 1. The minimum Gasteiger partial charge on any atom is -0.480 e. The number of halogens is 1. The highest BCUT2D eigenvalue weighted by atomic mass is 79.9. The first-order chi connectivity index (χ1) is 10.0. The van der Waals surface area contributed by atoms with Gasteiger partial charge in [0.25, 0.3) is 5.91 Å². The van der Waals surface area contributed by atoms with Crippen molar-refractivity contribution < 1.29 is 9.53 Å². The minimum absolute atomic E-state index is 0.0643. The maximum absolute atomic E-state index is 12.2. The largest absolute Gasteiger partial charge is 0.480 e. The first-order valence-corrected chi connectivity index (χ1v) is 8.19. The molecule has 1 aromatic carbocycles. The number of ether oxygens (including phenoxy) is 1. The number of benzene rings is 1. The van der Waals surface area contributed by atoms with Gasteiger partial charge < -0.3 is 15.4 Å². The van der Waals surface area contributed by atoms with Gasteiger partial charge in [0.1, 0.15) is 5.75 Å². The summed E-state index contributed by atoms with van der Waals surface area (Å²) in [5.74, 6) is 0.624. The molecule has 4 nitrogen and oxygen atoms in total. The summed E-state index contributed by atoms with van der Waals surface area (Å²) in [6.07, 6.45) is 1.67. The van der Waals surface area contributed by atoms with Gasteiger partial charge in [-0.25, -0.2) is 0 Å². The number of para-hydroxylation sites is 1. The Labute approximate surface area is 134 Å². The topological polar surface area (TPSA) is 50.4 Å². The third-order valence-electron chi connectivity index (χ3n) is 4.01. The van der Waals surface area contributed by atoms with Crippen LogP contribution in [0.5, 0.6) is 5.75 Å². The van der Waals surface area contributed by atoms with Crippen LogP contribution >= 0.6 is 15.9 Å². The fourth-order valence-corrected chi connectivity index (χ4v) is 2.81. The van der Waals surface area contributed by atoms with Gasteiger partial charge in [0.2, 0.25) is 0 Å². The molecule has 2 N–H and O–H groups in total. The molecule has 21 heavy (non-hydrogen) atoms. The minimum atomic E-state index is -0.506. The van der Waals surface area contributed by atoms with Gasteiger partial charge in [-0.2, -0.15) is 0 Å². The second-order valence-corrected chi connectivity index (χ2v) is 6.82. The van der Waals surface area contributed by atoms with Crippen molar-refractivity contribution in [3.05, 3.63) is 28.7 Å². The van der Waals surface area contributed by atoms with Crippen molar-refractivity contribution in [2.45, 2.75) is 32.8 Å². The molecule has 1 aromatic rings. The second-order valence-electron chi connectivity index (χ2n) is 5.97. The lowest BCUT2D eigenvalue weighted by atomic mass is 9.81. The van der Waals surface area contributed by atoms with Crippen LogP contribution in [0.2, 0.25) is 0 Å². The summed E-state index contributed by atoms with van der Waals surface area (Å²) in [5, 5.41) is 6.37. The number of hydrogen-bond donors (Lipinski definition) is 2. The summed E-state index contributed by atoms with van der Waals surface area (Å²) in [7, 11) is 0. The van der Waals surface area contributed by atoms with Crippen LogP contribution in [0.3, 0.4) is 0 Å². The van der Waals surface area contributed by atoms with E-state index in [0.717, 1.165) is 30.4 Å². The van der Waals surface area contributed by atoms with Crippen LogP contribution in [-0.2, 0) is 4.79 Å². The Morgan fingerprint density at radius 3 is 2.76 bits per heavy atom. The van der Waals surface area contributed by atoms with E-state index < -0.39 is 6.10 Å². The molecule has 1 saturated heterocycles. The first-order valence-electron chi connectivity index (χ1n) is 7.40. The van der Waals surface area contributed by atoms with Crippen LogP contribution in [-0.4, -0.2) is 31.6 Å². The molecular weight excluding hydrogens is 332 g/mol. The van der Waals surface area contributed by atoms with E-state index >= 15 is 0 Å². The number of carbonyl (C=O) groups excluding carboxylic acids is 1. The number of nitrogens with one attached hydrogen (secondary N) is 2. The van der Waals surface area contributed by atoms with E-state index in [0.29, 0.717) is 12.3 Å². The summed E-state index contributed by atoms with van der Waals surface area (Å²) in [5.41, 5.74) is 0.188. The van der Waals surface area contributed by atoms with Crippen molar-refractivity contribution in [2.24, 2.45) is 5.41 Å². The fraction of sp³-hybridized carbons (Fsp3) is 0.562. The summed E-state index contributed by atoms with van der Waals surface area (Å²) >= 11 is 3.42. The molecule has 0 aliphatic carbocycles. The molecule has 0 spiro atoms. The Hall–Kier alpha value is -1.07. The van der Waals surface area contributed by atoms with E-state index in [4.69, 9.17) is 4.74 Å². The maximum Gasteiger partial charge on any atom is 0.260 e. The Balaban J connectivity index is 1.84. The molecule has 5 heteroatoms. The predicted molar refractivity (Wildman–Crippen MR) is 87.5 cm³/mol. The molecule has 1 heterocycles. The van der Waals surface area contributed by atoms with E-state index in [2.05, 4.69) is 33.5 Å². The second kappa shape index (κ2) is 7.27. The smallest absolute Gasteiger partial charge is 0.260 e. The lowest BCUT2D eigenvalue weighted by Gasteiger charge is -2.34. The monoisotopic (exact) mass is 354 g/mol. The normalized spacial score (nSPS) is 18.8. The van der Waals surface area contributed by atoms with Gasteiger partial charge in [-0.1, -0.05) is 19.1 Å². The predicted octanol–water partition coefficient (Wildman–Crippen LogP) is 2.72. The van der Waals surface area contributed by atoms with Gasteiger partial charge >= 0.3 is 0 Å². The molecule has 1 amide bonds. The van der Waals surface area contributed by atoms with Gasteiger partial charge in [-0.05, 0) is 66.3 Å². The molecule has 0 bridgehead atoms. The Bertz CT molecular complexity index is 487. The fourth-order valence-electron chi connectivity index (χ4n) is 2.44. The highest BCUT2D eigenvalue weighted by Crippen LogP contribution is 2.27. The summed E-state index contributed by atoms with van der Waals surface area (Å²) in [4.78, 5) is 12.2.